The lowest BCUT2D eigenvalue weighted by Crippen LogP contribution is -2.32. The van der Waals surface area contributed by atoms with E-state index in [0.29, 0.717) is 0 Å². The summed E-state index contributed by atoms with van der Waals surface area (Å²) in [7, 11) is 0. The summed E-state index contributed by atoms with van der Waals surface area (Å²) in [5.41, 5.74) is -3.21. The van der Waals surface area contributed by atoms with E-state index in [9.17, 15) is 38.2 Å². The topological polar surface area (TPSA) is 136 Å². The predicted octanol–water partition coefficient (Wildman–Crippen LogP) is 3.34. The second-order valence-corrected chi connectivity index (χ2v) is 7.10. The number of rotatable bonds is 6. The van der Waals surface area contributed by atoms with Crippen molar-refractivity contribution < 1.29 is 37.8 Å². The molecule has 1 aromatic carbocycles. The standard InChI is InChI=1S/C18H14F3N3O8/c1-17(2)8-13(12-7-11(18(19,20)21)4-5-14(12)30-17)22-9-10(3-6-15(22)25)16(31-23(26)27)32-24(28)29/h3-9,16H,1-2H3. The third kappa shape index (κ3) is 4.79. The molecule has 0 amide bonds. The van der Waals surface area contributed by atoms with Crippen LogP contribution < -0.4 is 10.3 Å². The van der Waals surface area contributed by atoms with E-state index in [1.807, 2.05) is 0 Å². The molecular formula is C18H14F3N3O8. The first-order chi connectivity index (χ1) is 14.8. The van der Waals surface area contributed by atoms with Crippen molar-refractivity contribution in [3.63, 3.8) is 0 Å². The molecule has 0 unspecified atom stereocenters. The van der Waals surface area contributed by atoms with Gasteiger partial charge in [-0.15, -0.1) is 20.2 Å². The first-order valence-electron chi connectivity index (χ1n) is 8.75. The van der Waals surface area contributed by atoms with E-state index >= 15 is 0 Å². The Morgan fingerprint density at radius 1 is 1.09 bits per heavy atom. The molecule has 0 radical (unpaired) electrons. The van der Waals surface area contributed by atoms with Crippen molar-refractivity contribution >= 4 is 5.70 Å². The summed E-state index contributed by atoms with van der Waals surface area (Å²) >= 11 is 0. The zero-order valence-electron chi connectivity index (χ0n) is 16.4. The molecule has 0 spiro atoms. The van der Waals surface area contributed by atoms with E-state index in [1.165, 1.54) is 6.08 Å². The molecule has 1 aliphatic heterocycles. The van der Waals surface area contributed by atoms with Crippen LogP contribution in [0.2, 0.25) is 0 Å². The Morgan fingerprint density at radius 3 is 2.28 bits per heavy atom. The Morgan fingerprint density at radius 2 is 1.72 bits per heavy atom. The van der Waals surface area contributed by atoms with Gasteiger partial charge in [0, 0.05) is 23.4 Å². The van der Waals surface area contributed by atoms with Gasteiger partial charge in [-0.2, -0.15) is 13.2 Å². The number of benzene rings is 1. The largest absolute Gasteiger partial charge is 0.483 e. The Kier molecular flexibility index (Phi) is 5.55. The minimum Gasteiger partial charge on any atom is -0.483 e. The molecule has 14 heteroatoms. The molecular weight excluding hydrogens is 443 g/mol. The predicted molar refractivity (Wildman–Crippen MR) is 99.1 cm³/mol. The van der Waals surface area contributed by atoms with E-state index in [0.717, 1.165) is 41.1 Å². The summed E-state index contributed by atoms with van der Waals surface area (Å²) in [5, 5.41) is 18.7. The lowest BCUT2D eigenvalue weighted by molar-refractivity contribution is -0.855. The minimum atomic E-state index is -4.68. The summed E-state index contributed by atoms with van der Waals surface area (Å²) in [6.45, 7) is 3.19. The second-order valence-electron chi connectivity index (χ2n) is 7.10. The number of aromatic nitrogens is 1. The molecule has 32 heavy (non-hydrogen) atoms. The van der Waals surface area contributed by atoms with Gasteiger partial charge in [0.15, 0.2) is 0 Å². The van der Waals surface area contributed by atoms with Crippen LogP contribution in [0.4, 0.5) is 13.2 Å². The van der Waals surface area contributed by atoms with Crippen LogP contribution in [0.25, 0.3) is 5.70 Å². The highest BCUT2D eigenvalue weighted by Crippen LogP contribution is 2.40. The molecule has 0 bridgehead atoms. The maximum Gasteiger partial charge on any atom is 0.416 e. The number of hydrogen-bond donors (Lipinski definition) is 0. The van der Waals surface area contributed by atoms with E-state index < -0.39 is 39.4 Å². The third-order valence-electron chi connectivity index (χ3n) is 4.27. The molecule has 0 saturated heterocycles. The maximum atomic E-state index is 13.2. The van der Waals surface area contributed by atoms with Crippen molar-refractivity contribution in [1.29, 1.82) is 0 Å². The lowest BCUT2D eigenvalue weighted by Gasteiger charge is -2.32. The number of alkyl halides is 3. The van der Waals surface area contributed by atoms with Crippen LogP contribution in [0.3, 0.4) is 0 Å². The van der Waals surface area contributed by atoms with Gasteiger partial charge < -0.3 is 4.74 Å². The molecule has 170 valence electrons. The first-order valence-corrected chi connectivity index (χ1v) is 8.75. The SMILES string of the molecule is CC1(C)C=C(n2cc(C(O[N+](=O)[O-])O[N+](=O)[O-])ccc2=O)c2cc(C(F)(F)F)ccc2O1. The second kappa shape index (κ2) is 7.86. The fourth-order valence-electron chi connectivity index (χ4n) is 3.04. The molecule has 1 aromatic heterocycles. The number of nitrogens with zero attached hydrogens (tertiary/aromatic N) is 3. The highest BCUT2D eigenvalue weighted by molar-refractivity contribution is 5.74. The van der Waals surface area contributed by atoms with Crippen molar-refractivity contribution in [2.75, 3.05) is 0 Å². The summed E-state index contributed by atoms with van der Waals surface area (Å²) in [6, 6.07) is 4.62. The average Bonchev–Trinajstić information content (AvgIpc) is 2.64. The number of pyridine rings is 1. The van der Waals surface area contributed by atoms with Crippen molar-refractivity contribution in [3.05, 3.63) is 89.9 Å². The minimum absolute atomic E-state index is 0.0323. The Hall–Kier alpha value is -4.10. The maximum absolute atomic E-state index is 13.2. The van der Waals surface area contributed by atoms with Crippen LogP contribution in [0.1, 0.15) is 36.8 Å². The van der Waals surface area contributed by atoms with Crippen LogP contribution in [-0.2, 0) is 15.9 Å². The van der Waals surface area contributed by atoms with Crippen LogP contribution in [0, 0.1) is 20.2 Å². The van der Waals surface area contributed by atoms with Gasteiger partial charge in [-0.25, -0.2) is 0 Å². The zero-order valence-corrected chi connectivity index (χ0v) is 16.4. The van der Waals surface area contributed by atoms with Gasteiger partial charge in [-0.05, 0) is 44.2 Å². The number of hydrogen-bond acceptors (Lipinski definition) is 8. The van der Waals surface area contributed by atoms with Gasteiger partial charge in [-0.1, -0.05) is 0 Å². The molecule has 2 aromatic rings. The van der Waals surface area contributed by atoms with Crippen molar-refractivity contribution in [1.82, 2.24) is 4.57 Å². The van der Waals surface area contributed by atoms with Gasteiger partial charge in [0.2, 0.25) is 0 Å². The van der Waals surface area contributed by atoms with Gasteiger partial charge in [0.05, 0.1) is 11.3 Å². The summed E-state index contributed by atoms with van der Waals surface area (Å²) < 4.78 is 46.3. The molecule has 2 heterocycles. The van der Waals surface area contributed by atoms with Crippen LogP contribution in [0.5, 0.6) is 5.75 Å². The molecule has 11 nitrogen and oxygen atoms in total. The number of halogens is 3. The summed E-state index contributed by atoms with van der Waals surface area (Å²) in [4.78, 5) is 42.2. The monoisotopic (exact) mass is 457 g/mol. The fraction of sp³-hybridized carbons (Fsp3) is 0.278. The molecule has 0 saturated carbocycles. The number of ether oxygens (including phenoxy) is 1. The third-order valence-corrected chi connectivity index (χ3v) is 4.27. The lowest BCUT2D eigenvalue weighted by atomic mass is 9.97. The van der Waals surface area contributed by atoms with Crippen LogP contribution in [0.15, 0.2) is 47.4 Å². The van der Waals surface area contributed by atoms with Gasteiger partial charge in [0.25, 0.3) is 22.0 Å². The Balaban J connectivity index is 2.19. The van der Waals surface area contributed by atoms with Crippen molar-refractivity contribution in [3.8, 4) is 5.75 Å². The van der Waals surface area contributed by atoms with E-state index in [-0.39, 0.29) is 22.6 Å². The van der Waals surface area contributed by atoms with E-state index in [1.54, 1.807) is 13.8 Å². The molecule has 1 aliphatic rings. The molecule has 0 aliphatic carbocycles. The molecule has 0 N–H and O–H groups in total. The van der Waals surface area contributed by atoms with Gasteiger partial charge in [-0.3, -0.25) is 19.0 Å². The average molecular weight is 457 g/mol. The molecule has 0 atom stereocenters. The van der Waals surface area contributed by atoms with E-state index in [4.69, 9.17) is 4.74 Å². The summed E-state index contributed by atoms with van der Waals surface area (Å²) in [5.74, 6) is 0.0532. The quantitative estimate of drug-likeness (QED) is 0.366. The van der Waals surface area contributed by atoms with Crippen LogP contribution >= 0.6 is 0 Å². The van der Waals surface area contributed by atoms with Gasteiger partial charge in [0.1, 0.15) is 11.4 Å². The van der Waals surface area contributed by atoms with E-state index in [2.05, 4.69) is 9.68 Å². The van der Waals surface area contributed by atoms with Crippen molar-refractivity contribution in [2.24, 2.45) is 0 Å². The van der Waals surface area contributed by atoms with Gasteiger partial charge >= 0.3 is 6.18 Å². The summed E-state index contributed by atoms with van der Waals surface area (Å²) in [6.07, 6.45) is -4.50. The Bertz CT molecular complexity index is 1160. The zero-order chi connectivity index (χ0) is 23.8. The Labute approximate surface area is 176 Å². The van der Waals surface area contributed by atoms with Crippen molar-refractivity contribution in [2.45, 2.75) is 31.9 Å². The smallest absolute Gasteiger partial charge is 0.416 e. The van der Waals surface area contributed by atoms with Crippen LogP contribution in [-0.4, -0.2) is 20.3 Å². The number of fused-ring (bicyclic) bond motifs is 1. The fourth-order valence-corrected chi connectivity index (χ4v) is 3.04. The molecule has 3 rings (SSSR count). The normalized spacial score (nSPS) is 14.8. The first kappa shape index (κ1) is 22.6. The highest BCUT2D eigenvalue weighted by Gasteiger charge is 2.34. The molecule has 0 fully saturated rings. The highest BCUT2D eigenvalue weighted by atomic mass is 19.4.